The molecule has 0 aromatic carbocycles. The molecule has 0 aromatic heterocycles. The van der Waals surface area contributed by atoms with E-state index in [-0.39, 0.29) is 6.61 Å². The molecule has 4 heteroatoms. The minimum absolute atomic E-state index is 0.257. The summed E-state index contributed by atoms with van der Waals surface area (Å²) in [5.74, 6) is 0. The normalized spacial score (nSPS) is 26.2. The van der Waals surface area contributed by atoms with Crippen LogP contribution in [0.1, 0.15) is 26.2 Å². The van der Waals surface area contributed by atoms with E-state index in [1.807, 2.05) is 0 Å². The van der Waals surface area contributed by atoms with Crippen LogP contribution in [-0.4, -0.2) is 48.4 Å². The van der Waals surface area contributed by atoms with Crippen molar-refractivity contribution in [1.82, 2.24) is 10.6 Å². The number of hydrogen-bond acceptors (Lipinski definition) is 4. The van der Waals surface area contributed by atoms with Gasteiger partial charge in [-0.1, -0.05) is 6.42 Å². The Morgan fingerprint density at radius 2 is 2.33 bits per heavy atom. The van der Waals surface area contributed by atoms with Crippen LogP contribution in [-0.2, 0) is 0 Å². The molecule has 0 spiro atoms. The Morgan fingerprint density at radius 3 is 2.87 bits per heavy atom. The number of aliphatic hydroxyl groups excluding tert-OH is 1. The number of hydrogen-bond donors (Lipinski definition) is 3. The molecule has 1 fully saturated rings. The second kappa shape index (κ2) is 7.49. The summed E-state index contributed by atoms with van der Waals surface area (Å²) in [6, 6.07) is 1.01. The summed E-state index contributed by atoms with van der Waals surface area (Å²) in [5, 5.41) is 16.5. The van der Waals surface area contributed by atoms with Crippen molar-refractivity contribution >= 4 is 11.8 Å². The van der Waals surface area contributed by atoms with Crippen LogP contribution in [0.5, 0.6) is 0 Å². The molecule has 0 radical (unpaired) electrons. The lowest BCUT2D eigenvalue weighted by molar-refractivity contribution is 0.271. The number of thioether (sulfide) groups is 1. The third kappa shape index (κ3) is 4.72. The summed E-state index contributed by atoms with van der Waals surface area (Å²) in [6.07, 6.45) is 6.00. The lowest BCUT2D eigenvalue weighted by Gasteiger charge is -2.27. The van der Waals surface area contributed by atoms with Crippen molar-refractivity contribution in [3.8, 4) is 0 Å². The number of aliphatic hydroxyl groups is 1. The number of piperidine rings is 1. The topological polar surface area (TPSA) is 44.3 Å². The molecule has 3 unspecified atom stereocenters. The Labute approximate surface area is 97.4 Å². The first-order chi connectivity index (χ1) is 7.27. The molecule has 0 saturated carbocycles. The van der Waals surface area contributed by atoms with Crippen LogP contribution in [0.3, 0.4) is 0 Å². The van der Waals surface area contributed by atoms with E-state index in [4.69, 9.17) is 5.11 Å². The largest absolute Gasteiger partial charge is 0.395 e. The van der Waals surface area contributed by atoms with E-state index in [0.29, 0.717) is 17.3 Å². The van der Waals surface area contributed by atoms with E-state index in [1.54, 1.807) is 11.8 Å². The summed E-state index contributed by atoms with van der Waals surface area (Å²) < 4.78 is 0. The van der Waals surface area contributed by atoms with E-state index in [1.165, 1.54) is 19.3 Å². The molecular formula is C11H24N2OS. The Bertz CT molecular complexity index is 159. The van der Waals surface area contributed by atoms with Crippen LogP contribution >= 0.6 is 11.8 Å². The fourth-order valence-corrected chi connectivity index (χ4v) is 2.65. The second-order valence-corrected chi connectivity index (χ2v) is 5.38. The molecule has 0 aliphatic carbocycles. The molecule has 0 aromatic rings. The first-order valence-corrected chi connectivity index (χ1v) is 7.17. The molecule has 15 heavy (non-hydrogen) atoms. The molecule has 0 amide bonds. The molecule has 1 rings (SSSR count). The standard InChI is InChI=1S/C11H24N2OS/c1-9(11(8-14)15-2)13-7-10-5-3-4-6-12-10/h9-14H,3-8H2,1-2H3. The Morgan fingerprint density at radius 1 is 1.53 bits per heavy atom. The molecule has 1 heterocycles. The van der Waals surface area contributed by atoms with Gasteiger partial charge in [-0.05, 0) is 32.6 Å². The quantitative estimate of drug-likeness (QED) is 0.635. The maximum Gasteiger partial charge on any atom is 0.0564 e. The average Bonchev–Trinajstić information content (AvgIpc) is 2.29. The highest BCUT2D eigenvalue weighted by Gasteiger charge is 2.17. The van der Waals surface area contributed by atoms with Crippen molar-refractivity contribution in [1.29, 1.82) is 0 Å². The van der Waals surface area contributed by atoms with E-state index in [9.17, 15) is 0 Å². The predicted octanol–water partition coefficient (Wildman–Crippen LogP) is 0.830. The monoisotopic (exact) mass is 232 g/mol. The fraction of sp³-hybridized carbons (Fsp3) is 1.00. The highest BCUT2D eigenvalue weighted by atomic mass is 32.2. The van der Waals surface area contributed by atoms with E-state index < -0.39 is 0 Å². The summed E-state index contributed by atoms with van der Waals surface area (Å²) in [4.78, 5) is 0. The Kier molecular flexibility index (Phi) is 6.64. The van der Waals surface area contributed by atoms with Crippen molar-refractivity contribution in [3.05, 3.63) is 0 Å². The molecule has 3 N–H and O–H groups in total. The lowest BCUT2D eigenvalue weighted by Crippen LogP contribution is -2.47. The van der Waals surface area contributed by atoms with Gasteiger partial charge in [-0.2, -0.15) is 11.8 Å². The van der Waals surface area contributed by atoms with Crippen LogP contribution in [0.2, 0.25) is 0 Å². The van der Waals surface area contributed by atoms with Crippen LogP contribution in [0.15, 0.2) is 0 Å². The van der Waals surface area contributed by atoms with Crippen molar-refractivity contribution in [2.45, 2.75) is 43.5 Å². The minimum Gasteiger partial charge on any atom is -0.395 e. The maximum atomic E-state index is 9.16. The Balaban J connectivity index is 2.16. The smallest absolute Gasteiger partial charge is 0.0564 e. The van der Waals surface area contributed by atoms with E-state index >= 15 is 0 Å². The molecule has 1 aliphatic heterocycles. The van der Waals surface area contributed by atoms with Gasteiger partial charge < -0.3 is 15.7 Å². The van der Waals surface area contributed by atoms with Gasteiger partial charge in [-0.3, -0.25) is 0 Å². The second-order valence-electron chi connectivity index (χ2n) is 4.30. The van der Waals surface area contributed by atoms with Gasteiger partial charge in [0, 0.05) is 23.9 Å². The van der Waals surface area contributed by atoms with Crippen LogP contribution in [0, 0.1) is 0 Å². The summed E-state index contributed by atoms with van der Waals surface area (Å²) >= 11 is 1.73. The molecule has 1 saturated heterocycles. The van der Waals surface area contributed by atoms with Crippen molar-refractivity contribution in [3.63, 3.8) is 0 Å². The lowest BCUT2D eigenvalue weighted by atomic mass is 10.0. The predicted molar refractivity (Wildman–Crippen MR) is 67.5 cm³/mol. The summed E-state index contributed by atoms with van der Waals surface area (Å²) in [5.41, 5.74) is 0. The SMILES string of the molecule is CSC(CO)C(C)NCC1CCCCN1. The number of nitrogens with one attached hydrogen (secondary N) is 2. The summed E-state index contributed by atoms with van der Waals surface area (Å²) in [7, 11) is 0. The van der Waals surface area contributed by atoms with Crippen LogP contribution in [0.25, 0.3) is 0 Å². The first-order valence-electron chi connectivity index (χ1n) is 5.88. The molecule has 3 atom stereocenters. The minimum atomic E-state index is 0.257. The van der Waals surface area contributed by atoms with Gasteiger partial charge in [-0.15, -0.1) is 0 Å². The van der Waals surface area contributed by atoms with Crippen LogP contribution in [0.4, 0.5) is 0 Å². The Hall–Kier alpha value is 0.230. The molecular weight excluding hydrogens is 208 g/mol. The van der Waals surface area contributed by atoms with Gasteiger partial charge >= 0.3 is 0 Å². The average molecular weight is 232 g/mol. The molecule has 3 nitrogen and oxygen atoms in total. The maximum absolute atomic E-state index is 9.16. The fourth-order valence-electron chi connectivity index (χ4n) is 1.99. The van der Waals surface area contributed by atoms with Gasteiger partial charge in [-0.25, -0.2) is 0 Å². The van der Waals surface area contributed by atoms with Gasteiger partial charge in [0.15, 0.2) is 0 Å². The van der Waals surface area contributed by atoms with Crippen molar-refractivity contribution in [2.75, 3.05) is 26.0 Å². The molecule has 1 aliphatic rings. The highest BCUT2D eigenvalue weighted by Crippen LogP contribution is 2.11. The van der Waals surface area contributed by atoms with Gasteiger partial charge in [0.25, 0.3) is 0 Å². The zero-order valence-corrected chi connectivity index (χ0v) is 10.6. The van der Waals surface area contributed by atoms with Gasteiger partial charge in [0.1, 0.15) is 0 Å². The van der Waals surface area contributed by atoms with Crippen LogP contribution < -0.4 is 10.6 Å². The van der Waals surface area contributed by atoms with Gasteiger partial charge in [0.05, 0.1) is 6.61 Å². The summed E-state index contributed by atoms with van der Waals surface area (Å²) in [6.45, 7) is 4.60. The highest BCUT2D eigenvalue weighted by molar-refractivity contribution is 7.99. The zero-order valence-electron chi connectivity index (χ0n) is 9.83. The van der Waals surface area contributed by atoms with Crippen molar-refractivity contribution in [2.24, 2.45) is 0 Å². The molecule has 0 bridgehead atoms. The molecule has 90 valence electrons. The zero-order chi connectivity index (χ0) is 11.1. The first kappa shape index (κ1) is 13.3. The van der Waals surface area contributed by atoms with E-state index in [2.05, 4.69) is 23.8 Å². The van der Waals surface area contributed by atoms with Crippen molar-refractivity contribution < 1.29 is 5.11 Å². The van der Waals surface area contributed by atoms with Gasteiger partial charge in [0.2, 0.25) is 0 Å². The number of rotatable bonds is 6. The third-order valence-corrected chi connectivity index (χ3v) is 4.30. The van der Waals surface area contributed by atoms with E-state index in [0.717, 1.165) is 13.1 Å². The third-order valence-electron chi connectivity index (χ3n) is 3.14.